The first-order valence-electron chi connectivity index (χ1n) is 6.99. The number of halogens is 1. The van der Waals surface area contributed by atoms with Gasteiger partial charge in [-0.05, 0) is 32.0 Å². The lowest BCUT2D eigenvalue weighted by Gasteiger charge is -2.21. The van der Waals surface area contributed by atoms with Crippen LogP contribution in [0, 0.1) is 17.7 Å². The van der Waals surface area contributed by atoms with Gasteiger partial charge in [-0.2, -0.15) is 0 Å². The van der Waals surface area contributed by atoms with Crippen molar-refractivity contribution in [2.75, 3.05) is 32.8 Å². The number of hydrogen-bond donors (Lipinski definition) is 1. The van der Waals surface area contributed by atoms with Gasteiger partial charge in [0.25, 0.3) is 5.91 Å². The molecule has 0 fully saturated rings. The molecule has 1 aromatic rings. The third-order valence-corrected chi connectivity index (χ3v) is 2.91. The van der Waals surface area contributed by atoms with Gasteiger partial charge in [0.2, 0.25) is 0 Å². The molecule has 0 atom stereocenters. The van der Waals surface area contributed by atoms with Crippen LogP contribution in [-0.2, 0) is 4.74 Å². The topological polar surface area (TPSA) is 55.6 Å². The number of hydrogen-bond acceptors (Lipinski definition) is 3. The molecule has 5 heteroatoms. The van der Waals surface area contributed by atoms with Gasteiger partial charge in [-0.15, -0.1) is 0 Å². The number of nitrogens with two attached hydrogens (primary N) is 1. The van der Waals surface area contributed by atoms with Crippen molar-refractivity contribution in [3.05, 3.63) is 35.1 Å². The maximum absolute atomic E-state index is 13.9. The predicted molar refractivity (Wildman–Crippen MR) is 80.4 cm³/mol. The van der Waals surface area contributed by atoms with E-state index in [1.807, 2.05) is 13.8 Å². The molecule has 1 aromatic carbocycles. The molecule has 0 unspecified atom stereocenters. The third kappa shape index (κ3) is 5.18. The van der Waals surface area contributed by atoms with Crippen LogP contribution in [0.3, 0.4) is 0 Å². The van der Waals surface area contributed by atoms with Crippen LogP contribution >= 0.6 is 0 Å². The van der Waals surface area contributed by atoms with Crippen LogP contribution in [0.25, 0.3) is 0 Å². The lowest BCUT2D eigenvalue weighted by molar-refractivity contribution is 0.0665. The molecule has 0 aromatic heterocycles. The fraction of sp³-hybridized carbons (Fsp3) is 0.438. The molecule has 0 radical (unpaired) electrons. The number of ether oxygens (including phenoxy) is 1. The monoisotopic (exact) mass is 292 g/mol. The summed E-state index contributed by atoms with van der Waals surface area (Å²) in [4.78, 5) is 13.9. The summed E-state index contributed by atoms with van der Waals surface area (Å²) in [7, 11) is 0. The van der Waals surface area contributed by atoms with Gasteiger partial charge >= 0.3 is 0 Å². The summed E-state index contributed by atoms with van der Waals surface area (Å²) in [6, 6.07) is 4.25. The summed E-state index contributed by atoms with van der Waals surface area (Å²) in [6.07, 6.45) is 0. The van der Waals surface area contributed by atoms with E-state index in [9.17, 15) is 9.18 Å². The molecule has 4 nitrogen and oxygen atoms in total. The summed E-state index contributed by atoms with van der Waals surface area (Å²) >= 11 is 0. The number of carbonyl (C=O) groups is 1. The average Bonchev–Trinajstić information content (AvgIpc) is 2.50. The largest absolute Gasteiger partial charge is 0.380 e. The summed E-state index contributed by atoms with van der Waals surface area (Å²) in [5, 5.41) is 0. The molecular weight excluding hydrogens is 271 g/mol. The Kier molecular flexibility index (Phi) is 7.44. The Bertz CT molecular complexity index is 535. The molecule has 0 saturated heterocycles. The van der Waals surface area contributed by atoms with Gasteiger partial charge in [0.05, 0.1) is 18.7 Å². The first-order valence-corrected chi connectivity index (χ1v) is 6.99. The summed E-state index contributed by atoms with van der Waals surface area (Å²) in [5.74, 6) is 4.58. The summed E-state index contributed by atoms with van der Waals surface area (Å²) < 4.78 is 19.1. The maximum Gasteiger partial charge on any atom is 0.256 e. The van der Waals surface area contributed by atoms with Crippen LogP contribution < -0.4 is 5.73 Å². The normalized spacial score (nSPS) is 9.90. The second kappa shape index (κ2) is 9.11. The van der Waals surface area contributed by atoms with E-state index in [1.165, 1.54) is 18.2 Å². The van der Waals surface area contributed by atoms with E-state index >= 15 is 0 Å². The van der Waals surface area contributed by atoms with E-state index in [0.29, 0.717) is 31.9 Å². The first kappa shape index (κ1) is 17.2. The Morgan fingerprint density at radius 3 is 2.81 bits per heavy atom. The minimum atomic E-state index is -0.548. The van der Waals surface area contributed by atoms with Crippen LogP contribution in [0.4, 0.5) is 4.39 Å². The molecule has 0 bridgehead atoms. The van der Waals surface area contributed by atoms with E-state index < -0.39 is 5.82 Å². The Morgan fingerprint density at radius 1 is 1.43 bits per heavy atom. The van der Waals surface area contributed by atoms with Gasteiger partial charge in [-0.1, -0.05) is 11.8 Å². The van der Waals surface area contributed by atoms with Crippen LogP contribution in [0.1, 0.15) is 29.8 Å². The van der Waals surface area contributed by atoms with Gasteiger partial charge in [0.15, 0.2) is 0 Å². The fourth-order valence-corrected chi connectivity index (χ4v) is 1.81. The van der Waals surface area contributed by atoms with E-state index in [2.05, 4.69) is 11.8 Å². The first-order chi connectivity index (χ1) is 10.1. The van der Waals surface area contributed by atoms with Gasteiger partial charge in [0.1, 0.15) is 5.82 Å². The van der Waals surface area contributed by atoms with E-state index in [1.54, 1.807) is 4.90 Å². The van der Waals surface area contributed by atoms with E-state index in [0.717, 1.165) is 0 Å². The quantitative estimate of drug-likeness (QED) is 0.640. The Labute approximate surface area is 125 Å². The highest BCUT2D eigenvalue weighted by atomic mass is 19.1. The predicted octanol–water partition coefficient (Wildman–Crippen LogP) is 1.63. The fourth-order valence-electron chi connectivity index (χ4n) is 1.81. The van der Waals surface area contributed by atoms with E-state index in [4.69, 9.17) is 10.5 Å². The highest BCUT2D eigenvalue weighted by Crippen LogP contribution is 2.13. The number of carbonyl (C=O) groups excluding carboxylic acids is 1. The van der Waals surface area contributed by atoms with Crippen molar-refractivity contribution in [1.29, 1.82) is 0 Å². The second-order valence-electron chi connectivity index (χ2n) is 4.28. The van der Waals surface area contributed by atoms with Crippen LogP contribution in [0.2, 0.25) is 0 Å². The smallest absolute Gasteiger partial charge is 0.256 e. The number of nitrogens with zero attached hydrogens (tertiary/aromatic N) is 1. The Balaban J connectivity index is 2.93. The highest BCUT2D eigenvalue weighted by molar-refractivity contribution is 5.94. The molecule has 0 aliphatic carbocycles. The van der Waals surface area contributed by atoms with Crippen LogP contribution in [-0.4, -0.2) is 43.7 Å². The zero-order valence-corrected chi connectivity index (χ0v) is 12.5. The third-order valence-electron chi connectivity index (χ3n) is 2.91. The molecule has 1 amide bonds. The standard InChI is InChI=1S/C16H21FN2O2/c1-3-19(10-11-21-4-2)16(20)14-12-13(6-5-9-18)7-8-15(14)17/h7-8,12H,3-4,9-11,18H2,1-2H3. The molecule has 1 rings (SSSR count). The molecular formula is C16H21FN2O2. The van der Waals surface area contributed by atoms with Crippen molar-refractivity contribution in [2.45, 2.75) is 13.8 Å². The number of amides is 1. The van der Waals surface area contributed by atoms with Gasteiger partial charge < -0.3 is 15.4 Å². The van der Waals surface area contributed by atoms with Crippen molar-refractivity contribution in [1.82, 2.24) is 4.90 Å². The summed E-state index contributed by atoms with van der Waals surface area (Å²) in [5.41, 5.74) is 5.91. The molecule has 21 heavy (non-hydrogen) atoms. The maximum atomic E-state index is 13.9. The lowest BCUT2D eigenvalue weighted by Crippen LogP contribution is -2.34. The molecule has 0 spiro atoms. The van der Waals surface area contributed by atoms with Crippen LogP contribution in [0.15, 0.2) is 18.2 Å². The van der Waals surface area contributed by atoms with Crippen molar-refractivity contribution in [2.24, 2.45) is 5.73 Å². The van der Waals surface area contributed by atoms with Gasteiger partial charge in [-0.25, -0.2) is 4.39 Å². The number of rotatable bonds is 6. The van der Waals surface area contributed by atoms with Gasteiger partial charge in [0, 0.05) is 25.3 Å². The highest BCUT2D eigenvalue weighted by Gasteiger charge is 2.18. The molecule has 0 heterocycles. The Hall–Kier alpha value is -1.90. The lowest BCUT2D eigenvalue weighted by atomic mass is 10.1. The second-order valence-corrected chi connectivity index (χ2v) is 4.28. The molecule has 2 N–H and O–H groups in total. The number of benzene rings is 1. The van der Waals surface area contributed by atoms with Crippen LogP contribution in [0.5, 0.6) is 0 Å². The van der Waals surface area contributed by atoms with Crippen molar-refractivity contribution < 1.29 is 13.9 Å². The molecule has 114 valence electrons. The summed E-state index contributed by atoms with van der Waals surface area (Å²) in [6.45, 7) is 5.90. The zero-order valence-electron chi connectivity index (χ0n) is 12.5. The van der Waals surface area contributed by atoms with Crippen molar-refractivity contribution in [3.63, 3.8) is 0 Å². The minimum absolute atomic E-state index is 0.0252. The molecule has 0 aliphatic heterocycles. The zero-order chi connectivity index (χ0) is 15.7. The molecule has 0 aliphatic rings. The van der Waals surface area contributed by atoms with Crippen molar-refractivity contribution >= 4 is 5.91 Å². The Morgan fingerprint density at radius 2 is 2.19 bits per heavy atom. The molecule has 0 saturated carbocycles. The van der Waals surface area contributed by atoms with E-state index in [-0.39, 0.29) is 18.0 Å². The van der Waals surface area contributed by atoms with Crippen molar-refractivity contribution in [3.8, 4) is 11.8 Å². The number of likely N-dealkylation sites (N-methyl/N-ethyl adjacent to an activating group) is 1. The minimum Gasteiger partial charge on any atom is -0.380 e. The average molecular weight is 292 g/mol. The SMILES string of the molecule is CCOCCN(CC)C(=O)c1cc(C#CCN)ccc1F. The van der Waals surface area contributed by atoms with Gasteiger partial charge in [-0.3, -0.25) is 4.79 Å².